The third-order valence-electron chi connectivity index (χ3n) is 4.53. The first-order chi connectivity index (χ1) is 12.5. The van der Waals surface area contributed by atoms with Crippen LogP contribution in [0.3, 0.4) is 0 Å². The average molecular weight is 374 g/mol. The first kappa shape index (κ1) is 18.2. The third-order valence-corrected chi connectivity index (χ3v) is 4.93. The van der Waals surface area contributed by atoms with E-state index in [2.05, 4.69) is 10.3 Å². The first-order valence-electron chi connectivity index (χ1n) is 8.37. The molecule has 2 amide bonds. The maximum atomic E-state index is 12.7. The van der Waals surface area contributed by atoms with Crippen molar-refractivity contribution < 1.29 is 14.3 Å². The number of carbonyl (C=O) groups is 2. The molecule has 1 aliphatic rings. The van der Waals surface area contributed by atoms with Crippen LogP contribution in [0.2, 0.25) is 5.02 Å². The number of hydrogen-bond donors (Lipinski definition) is 1. The Labute approximate surface area is 157 Å². The van der Waals surface area contributed by atoms with Crippen molar-refractivity contribution >= 4 is 29.1 Å². The van der Waals surface area contributed by atoms with Crippen molar-refractivity contribution in [1.82, 2.24) is 9.88 Å². The topological polar surface area (TPSA) is 71.5 Å². The number of aromatic nitrogens is 1. The van der Waals surface area contributed by atoms with Crippen molar-refractivity contribution in [3.8, 4) is 5.75 Å². The van der Waals surface area contributed by atoms with Gasteiger partial charge in [0.05, 0.1) is 18.8 Å². The number of aryl methyl sites for hydroxylation is 1. The van der Waals surface area contributed by atoms with Crippen molar-refractivity contribution in [1.29, 1.82) is 0 Å². The Kier molecular flexibility index (Phi) is 5.42. The number of nitrogens with zero attached hydrogens (tertiary/aromatic N) is 2. The molecule has 0 radical (unpaired) electrons. The highest BCUT2D eigenvalue weighted by atomic mass is 35.5. The van der Waals surface area contributed by atoms with Gasteiger partial charge in [0.25, 0.3) is 0 Å². The van der Waals surface area contributed by atoms with Gasteiger partial charge < -0.3 is 15.0 Å². The molecule has 1 saturated heterocycles. The zero-order chi connectivity index (χ0) is 18.7. The molecule has 3 rings (SSSR count). The lowest BCUT2D eigenvalue weighted by atomic mass is 10.1. The molecule has 7 heteroatoms. The quantitative estimate of drug-likeness (QED) is 0.837. The molecule has 1 fully saturated rings. The number of nitrogens with one attached hydrogen (secondary N) is 1. The van der Waals surface area contributed by atoms with Crippen molar-refractivity contribution in [3.05, 3.63) is 52.8 Å². The number of rotatable bonds is 3. The number of likely N-dealkylation sites (tertiary alicyclic amines) is 1. The highest BCUT2D eigenvalue weighted by molar-refractivity contribution is 6.40. The molecule has 1 aliphatic heterocycles. The summed E-state index contributed by atoms with van der Waals surface area (Å²) >= 11 is 6.08. The van der Waals surface area contributed by atoms with Crippen LogP contribution < -0.4 is 10.1 Å². The molecule has 2 aromatic rings. The number of pyridine rings is 1. The van der Waals surface area contributed by atoms with E-state index in [0.717, 1.165) is 24.0 Å². The Morgan fingerprint density at radius 2 is 2.04 bits per heavy atom. The molecule has 1 aromatic heterocycles. The summed E-state index contributed by atoms with van der Waals surface area (Å²) in [4.78, 5) is 30.9. The predicted molar refractivity (Wildman–Crippen MR) is 99.3 cm³/mol. The van der Waals surface area contributed by atoms with E-state index < -0.39 is 11.8 Å². The number of carbonyl (C=O) groups excluding carboxylic acids is 2. The highest BCUT2D eigenvalue weighted by Crippen LogP contribution is 2.33. The fourth-order valence-electron chi connectivity index (χ4n) is 3.18. The van der Waals surface area contributed by atoms with Crippen LogP contribution in [-0.4, -0.2) is 35.4 Å². The lowest BCUT2D eigenvalue weighted by Gasteiger charge is -2.24. The Hall–Kier alpha value is -2.60. The monoisotopic (exact) mass is 373 g/mol. The maximum absolute atomic E-state index is 12.7. The number of amides is 2. The lowest BCUT2D eigenvalue weighted by Crippen LogP contribution is -2.39. The van der Waals surface area contributed by atoms with Gasteiger partial charge in [0, 0.05) is 30.0 Å². The van der Waals surface area contributed by atoms with Gasteiger partial charge in [-0.05, 0) is 49.1 Å². The van der Waals surface area contributed by atoms with Gasteiger partial charge in [-0.2, -0.15) is 0 Å². The molecule has 2 heterocycles. The Morgan fingerprint density at radius 1 is 1.31 bits per heavy atom. The third kappa shape index (κ3) is 3.65. The number of ether oxygens (including phenoxy) is 1. The summed E-state index contributed by atoms with van der Waals surface area (Å²) < 4.78 is 5.25. The number of benzene rings is 1. The largest absolute Gasteiger partial charge is 0.495 e. The molecule has 0 saturated carbocycles. The predicted octanol–water partition coefficient (Wildman–Crippen LogP) is 3.35. The van der Waals surface area contributed by atoms with Gasteiger partial charge >= 0.3 is 11.8 Å². The Balaban J connectivity index is 1.78. The molecule has 1 aromatic carbocycles. The van der Waals surface area contributed by atoms with Crippen LogP contribution in [0.15, 0.2) is 36.7 Å². The zero-order valence-electron chi connectivity index (χ0n) is 14.7. The van der Waals surface area contributed by atoms with Crippen molar-refractivity contribution in [2.45, 2.75) is 25.8 Å². The van der Waals surface area contributed by atoms with Crippen LogP contribution >= 0.6 is 11.6 Å². The van der Waals surface area contributed by atoms with Gasteiger partial charge in [-0.25, -0.2) is 0 Å². The minimum atomic E-state index is -0.689. The summed E-state index contributed by atoms with van der Waals surface area (Å²) in [7, 11) is 1.48. The molecular weight excluding hydrogens is 354 g/mol. The Morgan fingerprint density at radius 3 is 2.73 bits per heavy atom. The fourth-order valence-corrected chi connectivity index (χ4v) is 3.33. The van der Waals surface area contributed by atoms with E-state index in [1.54, 1.807) is 29.4 Å². The van der Waals surface area contributed by atoms with E-state index in [1.807, 2.05) is 19.1 Å². The zero-order valence-corrected chi connectivity index (χ0v) is 15.4. The minimum absolute atomic E-state index is 0.106. The number of halogens is 1. The fraction of sp³-hybridized carbons (Fsp3) is 0.316. The maximum Gasteiger partial charge on any atom is 0.314 e. The standard InChI is InChI=1S/C19H20ClN3O3/c1-12-10-15(17(26-2)11-14(12)20)22-18(24)19(25)23-9-3-4-16(23)13-5-7-21-8-6-13/h5-8,10-11,16H,3-4,9H2,1-2H3,(H,22,24). The van der Waals surface area contributed by atoms with Crippen molar-refractivity contribution in [3.63, 3.8) is 0 Å². The molecule has 1 N–H and O–H groups in total. The summed E-state index contributed by atoms with van der Waals surface area (Å²) in [5.74, 6) is -0.834. The number of anilines is 1. The minimum Gasteiger partial charge on any atom is -0.495 e. The van der Waals surface area contributed by atoms with Crippen LogP contribution in [0.25, 0.3) is 0 Å². The summed E-state index contributed by atoms with van der Waals surface area (Å²) in [6.45, 7) is 2.37. The second kappa shape index (κ2) is 7.74. The molecule has 0 bridgehead atoms. The van der Waals surface area contributed by atoms with Crippen LogP contribution in [0.1, 0.15) is 30.0 Å². The van der Waals surface area contributed by atoms with Gasteiger partial charge in [-0.3, -0.25) is 14.6 Å². The molecular formula is C19H20ClN3O3. The SMILES string of the molecule is COc1cc(Cl)c(C)cc1NC(=O)C(=O)N1CCCC1c1ccncc1. The molecule has 1 atom stereocenters. The van der Waals surface area contributed by atoms with Crippen molar-refractivity contribution in [2.75, 3.05) is 19.0 Å². The summed E-state index contributed by atoms with van der Waals surface area (Å²) in [6.07, 6.45) is 5.07. The van der Waals surface area contributed by atoms with Gasteiger partial charge in [0.1, 0.15) is 5.75 Å². The van der Waals surface area contributed by atoms with E-state index in [1.165, 1.54) is 7.11 Å². The Bertz CT molecular complexity index is 826. The van der Waals surface area contributed by atoms with Gasteiger partial charge in [-0.15, -0.1) is 0 Å². The van der Waals surface area contributed by atoms with E-state index >= 15 is 0 Å². The van der Waals surface area contributed by atoms with Crippen LogP contribution in [-0.2, 0) is 9.59 Å². The van der Waals surface area contributed by atoms with Crippen LogP contribution in [0.5, 0.6) is 5.75 Å². The number of methoxy groups -OCH3 is 1. The molecule has 0 spiro atoms. The molecule has 136 valence electrons. The summed E-state index contributed by atoms with van der Waals surface area (Å²) in [5.41, 5.74) is 2.19. The highest BCUT2D eigenvalue weighted by Gasteiger charge is 2.33. The number of hydrogen-bond acceptors (Lipinski definition) is 4. The van der Waals surface area contributed by atoms with Crippen molar-refractivity contribution in [2.24, 2.45) is 0 Å². The van der Waals surface area contributed by atoms with E-state index in [-0.39, 0.29) is 6.04 Å². The average Bonchev–Trinajstić information content (AvgIpc) is 3.14. The van der Waals surface area contributed by atoms with E-state index in [0.29, 0.717) is 23.0 Å². The van der Waals surface area contributed by atoms with Gasteiger partial charge in [-0.1, -0.05) is 11.6 Å². The first-order valence-corrected chi connectivity index (χ1v) is 8.75. The molecule has 1 unspecified atom stereocenters. The van der Waals surface area contributed by atoms with Gasteiger partial charge in [0.15, 0.2) is 0 Å². The second-order valence-electron chi connectivity index (χ2n) is 6.19. The van der Waals surface area contributed by atoms with E-state index in [9.17, 15) is 9.59 Å². The smallest absolute Gasteiger partial charge is 0.314 e. The second-order valence-corrected chi connectivity index (χ2v) is 6.60. The van der Waals surface area contributed by atoms with Crippen LogP contribution in [0, 0.1) is 6.92 Å². The molecule has 0 aliphatic carbocycles. The normalized spacial score (nSPS) is 16.4. The molecule has 6 nitrogen and oxygen atoms in total. The van der Waals surface area contributed by atoms with E-state index in [4.69, 9.17) is 16.3 Å². The lowest BCUT2D eigenvalue weighted by molar-refractivity contribution is -0.143. The molecule has 26 heavy (non-hydrogen) atoms. The summed E-state index contributed by atoms with van der Waals surface area (Å²) in [5, 5.41) is 3.18. The van der Waals surface area contributed by atoms with Crippen LogP contribution in [0.4, 0.5) is 5.69 Å². The summed E-state index contributed by atoms with van der Waals surface area (Å²) in [6, 6.07) is 6.95. The van der Waals surface area contributed by atoms with Gasteiger partial charge in [0.2, 0.25) is 0 Å².